The van der Waals surface area contributed by atoms with E-state index in [2.05, 4.69) is 47.2 Å². The van der Waals surface area contributed by atoms with Crippen LogP contribution in [-0.4, -0.2) is 73.1 Å². The van der Waals surface area contributed by atoms with Gasteiger partial charge in [-0.1, -0.05) is 13.8 Å². The van der Waals surface area contributed by atoms with Gasteiger partial charge in [0.2, 0.25) is 5.95 Å². The quantitative estimate of drug-likeness (QED) is 0.280. The van der Waals surface area contributed by atoms with E-state index in [0.29, 0.717) is 29.4 Å². The molecule has 2 saturated heterocycles. The maximum atomic E-state index is 13.1. The highest BCUT2D eigenvalue weighted by Gasteiger charge is 2.38. The van der Waals surface area contributed by atoms with Crippen LogP contribution in [0.25, 0.3) is 11.3 Å². The van der Waals surface area contributed by atoms with Gasteiger partial charge in [0.25, 0.3) is 5.92 Å². The molecule has 4 aromatic rings. The number of aromatic nitrogens is 6. The molecular weight excluding hydrogens is 560 g/mol. The minimum atomic E-state index is -2.88. The first kappa shape index (κ1) is 31.1. The summed E-state index contributed by atoms with van der Waals surface area (Å²) < 4.78 is 28.0. The number of anilines is 3. The van der Waals surface area contributed by atoms with Gasteiger partial charge in [0.15, 0.2) is 11.4 Å². The second-order valence-corrected chi connectivity index (χ2v) is 11.0. The van der Waals surface area contributed by atoms with Gasteiger partial charge in [0, 0.05) is 80.4 Å². The van der Waals surface area contributed by atoms with Crippen molar-refractivity contribution in [3.63, 3.8) is 0 Å². The van der Waals surface area contributed by atoms with Crippen LogP contribution in [0.15, 0.2) is 42.3 Å². The van der Waals surface area contributed by atoms with Gasteiger partial charge in [-0.2, -0.15) is 5.10 Å². The first-order valence-electron chi connectivity index (χ1n) is 13.9. The van der Waals surface area contributed by atoms with Crippen LogP contribution in [0.4, 0.5) is 25.7 Å². The van der Waals surface area contributed by atoms with Crippen LogP contribution in [0, 0.1) is 6.92 Å². The smallest absolute Gasteiger partial charge is 0.273 e. The molecule has 4 aromatic heterocycles. The largest absolute Gasteiger partial charge is 0.338 e. The van der Waals surface area contributed by atoms with Crippen LogP contribution >= 0.6 is 11.3 Å². The van der Waals surface area contributed by atoms with E-state index in [0.717, 1.165) is 48.4 Å². The summed E-state index contributed by atoms with van der Waals surface area (Å²) >= 11 is 1.50. The zero-order valence-electron chi connectivity index (χ0n) is 24.8. The van der Waals surface area contributed by atoms with Gasteiger partial charge in [0.1, 0.15) is 5.82 Å². The van der Waals surface area contributed by atoms with Crippen LogP contribution < -0.4 is 10.2 Å². The summed E-state index contributed by atoms with van der Waals surface area (Å²) in [6.07, 6.45) is 9.11. The molecule has 0 saturated carbocycles. The number of halogens is 2. The third kappa shape index (κ3) is 7.32. The molecule has 6 heterocycles. The molecule has 42 heavy (non-hydrogen) atoms. The number of hydrogen-bond acceptors (Lipinski definition) is 10. The highest BCUT2D eigenvalue weighted by Crippen LogP contribution is 2.31. The Hall–Kier alpha value is -3.84. The van der Waals surface area contributed by atoms with Gasteiger partial charge in [-0.25, -0.2) is 28.7 Å². The lowest BCUT2D eigenvalue weighted by molar-refractivity contribution is 0.0167. The lowest BCUT2D eigenvalue weighted by atomic mass is 10.2. The Morgan fingerprint density at radius 1 is 1.05 bits per heavy atom. The molecular formula is C29H37F2N9OS. The topological polar surface area (TPSA) is 105 Å². The maximum absolute atomic E-state index is 13.1. The Morgan fingerprint density at radius 3 is 2.24 bits per heavy atom. The van der Waals surface area contributed by atoms with Gasteiger partial charge in [-0.15, -0.1) is 11.3 Å². The predicted molar refractivity (Wildman–Crippen MR) is 162 cm³/mol. The van der Waals surface area contributed by atoms with Crippen LogP contribution in [0.2, 0.25) is 0 Å². The number of aldehydes is 1. The second-order valence-electron chi connectivity index (χ2n) is 10.2. The number of carbonyl (C=O) groups is 1. The molecule has 0 aliphatic carbocycles. The van der Waals surface area contributed by atoms with Crippen molar-refractivity contribution in [2.45, 2.75) is 58.5 Å². The molecule has 2 aliphatic heterocycles. The number of nitrogens with zero attached hydrogens (tertiary/aromatic N) is 8. The molecule has 0 unspecified atom stereocenters. The Balaban J connectivity index is 0.000000183. The summed E-state index contributed by atoms with van der Waals surface area (Å²) in [6, 6.07) is 4.53. The number of hydrogen-bond donors (Lipinski definition) is 1. The van der Waals surface area contributed by atoms with Crippen LogP contribution in [0.5, 0.6) is 0 Å². The van der Waals surface area contributed by atoms with E-state index in [1.165, 1.54) is 42.8 Å². The van der Waals surface area contributed by atoms with Gasteiger partial charge in [0.05, 0.1) is 17.0 Å². The fourth-order valence-corrected chi connectivity index (χ4v) is 5.67. The number of thiazole rings is 1. The van der Waals surface area contributed by atoms with E-state index in [1.54, 1.807) is 16.8 Å². The van der Waals surface area contributed by atoms with E-state index in [1.807, 2.05) is 39.4 Å². The number of aryl methyl sites for hydroxylation is 2. The van der Waals surface area contributed by atoms with E-state index in [4.69, 9.17) is 0 Å². The molecule has 2 fully saturated rings. The van der Waals surface area contributed by atoms with Gasteiger partial charge in [-0.3, -0.25) is 14.4 Å². The van der Waals surface area contributed by atoms with Gasteiger partial charge >= 0.3 is 0 Å². The molecule has 0 amide bonds. The van der Waals surface area contributed by atoms with Crippen LogP contribution in [-0.2, 0) is 13.0 Å². The Bertz CT molecular complexity index is 1440. The molecule has 10 nitrogen and oxygen atoms in total. The normalized spacial score (nSPS) is 18.0. The summed E-state index contributed by atoms with van der Waals surface area (Å²) in [7, 11) is 4.04. The zero-order chi connectivity index (χ0) is 30.4. The molecule has 0 radical (unpaired) electrons. The molecule has 2 atom stereocenters. The molecule has 2 bridgehead atoms. The number of nitrogens with one attached hydrogen (secondary N) is 1. The first-order chi connectivity index (χ1) is 20.1. The fraction of sp³-hybridized carbons (Fsp3) is 0.448. The molecule has 1 N–H and O–H groups in total. The van der Waals surface area contributed by atoms with Crippen molar-refractivity contribution in [3.8, 4) is 11.3 Å². The zero-order valence-corrected chi connectivity index (χ0v) is 25.6. The maximum Gasteiger partial charge on any atom is 0.273 e. The average Bonchev–Trinajstić information content (AvgIpc) is 3.63. The minimum Gasteiger partial charge on any atom is -0.338 e. The van der Waals surface area contributed by atoms with Crippen molar-refractivity contribution in [2.24, 2.45) is 7.05 Å². The number of likely N-dealkylation sites (N-methyl/N-ethyl adjacent to an activating group) is 1. The third-order valence-corrected chi connectivity index (χ3v) is 7.98. The highest BCUT2D eigenvalue weighted by atomic mass is 32.1. The molecule has 224 valence electrons. The Morgan fingerprint density at radius 2 is 1.71 bits per heavy atom. The summed E-state index contributed by atoms with van der Waals surface area (Å²) in [6.45, 7) is 8.59. The van der Waals surface area contributed by atoms with Gasteiger partial charge in [-0.05, 0) is 38.9 Å². The second kappa shape index (κ2) is 13.4. The summed E-state index contributed by atoms with van der Waals surface area (Å²) in [5.41, 5.74) is 3.27. The predicted octanol–water partition coefficient (Wildman–Crippen LogP) is 5.70. The molecule has 13 heteroatoms. The number of alkyl halides is 2. The lowest BCUT2D eigenvalue weighted by Gasteiger charge is -2.38. The molecule has 0 aromatic carbocycles. The van der Waals surface area contributed by atoms with Gasteiger partial charge < -0.3 is 10.2 Å². The van der Waals surface area contributed by atoms with Crippen molar-refractivity contribution < 1.29 is 13.6 Å². The van der Waals surface area contributed by atoms with Crippen LogP contribution in [0.3, 0.4) is 0 Å². The number of fused-ring (bicyclic) bond motifs is 2. The van der Waals surface area contributed by atoms with Crippen molar-refractivity contribution in [2.75, 3.05) is 30.4 Å². The summed E-state index contributed by atoms with van der Waals surface area (Å²) in [5, 5.41) is 10.2. The van der Waals surface area contributed by atoms with Crippen LogP contribution in [0.1, 0.15) is 55.2 Å². The molecule has 6 rings (SSSR count). The summed E-state index contributed by atoms with van der Waals surface area (Å²) in [5.74, 6) is -1.65. The minimum absolute atomic E-state index is 0.131. The number of piperazine rings is 1. The van der Waals surface area contributed by atoms with Crippen molar-refractivity contribution in [3.05, 3.63) is 59.1 Å². The average molecular weight is 598 g/mol. The first-order valence-corrected chi connectivity index (χ1v) is 14.8. The van der Waals surface area contributed by atoms with Crippen molar-refractivity contribution in [1.82, 2.24) is 34.6 Å². The third-order valence-electron chi connectivity index (χ3n) is 7.23. The van der Waals surface area contributed by atoms with E-state index < -0.39 is 5.92 Å². The molecule has 0 spiro atoms. The lowest BCUT2D eigenvalue weighted by Crippen LogP contribution is -2.52. The monoisotopic (exact) mass is 597 g/mol. The molecule has 2 aliphatic rings. The number of carbonyl (C=O) groups excluding carboxylic acids is 1. The van der Waals surface area contributed by atoms with Crippen molar-refractivity contribution in [1.29, 1.82) is 0 Å². The standard InChI is InChI=1S/C14H13N5OS.C13H18F2N4.C2H6/c1-9-11(6-19(2)18-9)12-8-21-14(16-12)17-13-4-3-10(7-20)5-15-13;1-13(14,15)9-5-16-12(17-6-9)19-7-10-3-4-11(8-19)18(10)2;1-2/h3-8H,1-2H3,(H,15,16,17);5-6,10-11H,3-4,7-8H2,1-2H3;1-2H3/t;10-,11+;. The highest BCUT2D eigenvalue weighted by molar-refractivity contribution is 7.14. The van der Waals surface area contributed by atoms with E-state index in [-0.39, 0.29) is 5.56 Å². The number of rotatable bonds is 6. The number of pyridine rings is 1. The Labute approximate surface area is 248 Å². The van der Waals surface area contributed by atoms with E-state index in [9.17, 15) is 13.6 Å². The van der Waals surface area contributed by atoms with E-state index >= 15 is 0 Å². The Kier molecular flexibility index (Phi) is 9.94. The summed E-state index contributed by atoms with van der Waals surface area (Å²) in [4.78, 5) is 32.0. The fourth-order valence-electron chi connectivity index (χ4n) is 4.95. The SMILES string of the molecule is CC.CN1[C@@H]2CC[C@H]1CN(c1ncc(C(C)(F)F)cn1)C2.Cc1nn(C)cc1-c1csc(Nc2ccc(C=O)cn2)n1. The van der Waals surface area contributed by atoms with Crippen molar-refractivity contribution >= 4 is 34.5 Å².